The number of carbonyl (C=O) groups is 1. The van der Waals surface area contributed by atoms with E-state index in [0.29, 0.717) is 71.8 Å². The number of nitrogens with one attached hydrogen (secondary N) is 2. The van der Waals surface area contributed by atoms with Gasteiger partial charge in [0.15, 0.2) is 17.1 Å². The van der Waals surface area contributed by atoms with Crippen LogP contribution >= 0.6 is 11.6 Å². The van der Waals surface area contributed by atoms with Gasteiger partial charge >= 0.3 is 0 Å². The largest absolute Gasteiger partial charge is 0.471 e. The van der Waals surface area contributed by atoms with Crippen molar-refractivity contribution in [2.45, 2.75) is 51.9 Å². The molecule has 0 spiro atoms. The summed E-state index contributed by atoms with van der Waals surface area (Å²) in [6, 6.07) is 12.0. The zero-order valence-electron chi connectivity index (χ0n) is 26.1. The van der Waals surface area contributed by atoms with Crippen LogP contribution in [0.3, 0.4) is 0 Å². The molecule has 2 N–H and O–H groups in total. The van der Waals surface area contributed by atoms with Crippen molar-refractivity contribution < 1.29 is 23.4 Å². The first kappa shape index (κ1) is 31.0. The molecule has 0 aliphatic carbocycles. The van der Waals surface area contributed by atoms with Crippen molar-refractivity contribution in [2.24, 2.45) is 0 Å². The van der Waals surface area contributed by atoms with Crippen LogP contribution in [0.4, 0.5) is 11.6 Å². The Morgan fingerprint density at radius 2 is 2.00 bits per heavy atom. The van der Waals surface area contributed by atoms with Gasteiger partial charge in [0.2, 0.25) is 11.8 Å². The van der Waals surface area contributed by atoms with Gasteiger partial charge in [-0.3, -0.25) is 4.79 Å². The number of oxazole rings is 1. The lowest BCUT2D eigenvalue weighted by Crippen LogP contribution is -2.22. The number of carbonyl (C=O) groups excluding carboxylic acids is 1. The number of amides is 1. The highest BCUT2D eigenvalue weighted by molar-refractivity contribution is 6.76. The third kappa shape index (κ3) is 6.99. The smallest absolute Gasteiger partial charge is 0.251 e. The fourth-order valence-corrected chi connectivity index (χ4v) is 6.13. The molecule has 1 saturated heterocycles. The van der Waals surface area contributed by atoms with Gasteiger partial charge < -0.3 is 33.8 Å². The normalized spacial score (nSPS) is 15.2. The molecule has 0 bridgehead atoms. The van der Waals surface area contributed by atoms with E-state index in [1.54, 1.807) is 25.2 Å². The molecule has 13 heteroatoms. The second-order valence-electron chi connectivity index (χ2n) is 12.3. The number of anilines is 2. The van der Waals surface area contributed by atoms with E-state index >= 15 is 0 Å². The van der Waals surface area contributed by atoms with Crippen LogP contribution < -0.4 is 15.4 Å². The maximum absolute atomic E-state index is 12.1. The van der Waals surface area contributed by atoms with Crippen LogP contribution in [0.1, 0.15) is 22.7 Å². The number of rotatable bonds is 11. The average molecular weight is 649 g/mol. The van der Waals surface area contributed by atoms with Crippen molar-refractivity contribution in [2.75, 3.05) is 32.2 Å². The maximum Gasteiger partial charge on any atom is 0.251 e. The molecule has 0 radical (unpaired) electrons. The van der Waals surface area contributed by atoms with E-state index < -0.39 is 8.07 Å². The highest BCUT2D eigenvalue weighted by Gasteiger charge is 2.25. The molecule has 11 nitrogen and oxygen atoms in total. The average Bonchev–Trinajstić information content (AvgIpc) is 3.73. The first-order valence-corrected chi connectivity index (χ1v) is 19.1. The number of hydrogen-bond donors (Lipinski definition) is 2. The molecule has 4 heterocycles. The first-order valence-electron chi connectivity index (χ1n) is 15.0. The molecule has 1 fully saturated rings. The third-order valence-electron chi connectivity index (χ3n) is 7.59. The summed E-state index contributed by atoms with van der Waals surface area (Å²) in [5.41, 5.74) is 4.90. The number of ether oxygens (including phenoxy) is 3. The Morgan fingerprint density at radius 3 is 2.73 bits per heavy atom. The predicted octanol–water partition coefficient (Wildman–Crippen LogP) is 6.78. The molecule has 2 aromatic carbocycles. The van der Waals surface area contributed by atoms with E-state index in [2.05, 4.69) is 35.3 Å². The van der Waals surface area contributed by atoms with Crippen molar-refractivity contribution in [1.82, 2.24) is 24.8 Å². The number of nitrogens with zero attached hydrogens (tertiary/aromatic N) is 4. The minimum absolute atomic E-state index is 0.157. The summed E-state index contributed by atoms with van der Waals surface area (Å²) in [7, 11) is 0.297. The summed E-state index contributed by atoms with van der Waals surface area (Å²) >= 11 is 6.58. The first-order chi connectivity index (χ1) is 21.6. The second-order valence-corrected chi connectivity index (χ2v) is 18.4. The van der Waals surface area contributed by atoms with E-state index in [4.69, 9.17) is 40.2 Å². The molecule has 0 unspecified atom stereocenters. The van der Waals surface area contributed by atoms with Gasteiger partial charge in [0.25, 0.3) is 5.91 Å². The quantitative estimate of drug-likeness (QED) is 0.118. The van der Waals surface area contributed by atoms with Crippen LogP contribution in [0.2, 0.25) is 30.7 Å². The molecule has 1 atom stereocenters. The lowest BCUT2D eigenvalue weighted by Gasteiger charge is -2.16. The zero-order valence-corrected chi connectivity index (χ0v) is 27.8. The summed E-state index contributed by atoms with van der Waals surface area (Å²) in [6.45, 7) is 10.9. The molecule has 6 rings (SSSR count). The molecule has 1 aliphatic heterocycles. The lowest BCUT2D eigenvalue weighted by atomic mass is 10.1. The van der Waals surface area contributed by atoms with Crippen LogP contribution in [0.5, 0.6) is 5.88 Å². The minimum Gasteiger partial charge on any atom is -0.471 e. The van der Waals surface area contributed by atoms with Crippen LogP contribution in [-0.2, 0) is 16.2 Å². The van der Waals surface area contributed by atoms with E-state index in [9.17, 15) is 4.79 Å². The number of aryl methyl sites for hydroxylation is 1. The molecular weight excluding hydrogens is 612 g/mol. The molecule has 1 aliphatic rings. The molecule has 3 aromatic heterocycles. The highest BCUT2D eigenvalue weighted by atomic mass is 35.5. The van der Waals surface area contributed by atoms with Gasteiger partial charge in [-0.2, -0.15) is 9.97 Å². The molecule has 1 amide bonds. The van der Waals surface area contributed by atoms with Crippen LogP contribution in [-0.4, -0.2) is 66.5 Å². The van der Waals surface area contributed by atoms with Crippen molar-refractivity contribution in [1.29, 1.82) is 0 Å². The van der Waals surface area contributed by atoms with E-state index in [0.717, 1.165) is 34.5 Å². The molecule has 0 saturated carbocycles. The van der Waals surface area contributed by atoms with Crippen LogP contribution in [0, 0.1) is 6.92 Å². The molecular formula is C32H37ClN6O5Si. The maximum atomic E-state index is 12.1. The van der Waals surface area contributed by atoms with Gasteiger partial charge in [-0.25, -0.2) is 4.98 Å². The van der Waals surface area contributed by atoms with Crippen LogP contribution in [0.25, 0.3) is 33.3 Å². The minimum atomic E-state index is -1.28. The SMILES string of the molecule is CNC(=O)c1ccc(Nc2nc(O[C@H]3CCOC3)c3c(-c4ccc5nc(C)oc5c4)cn(COCC[Si](C)(C)C)c3n2)c(Cl)c1. The van der Waals surface area contributed by atoms with Gasteiger partial charge in [0.05, 0.1) is 29.3 Å². The van der Waals surface area contributed by atoms with E-state index in [-0.39, 0.29) is 12.0 Å². The van der Waals surface area contributed by atoms with E-state index in [1.807, 2.05) is 35.9 Å². The van der Waals surface area contributed by atoms with Crippen molar-refractivity contribution >= 4 is 59.4 Å². The number of fused-ring (bicyclic) bond motifs is 2. The topological polar surface area (TPSA) is 126 Å². The highest BCUT2D eigenvalue weighted by Crippen LogP contribution is 2.39. The number of halogens is 1. The molecule has 5 aromatic rings. The van der Waals surface area contributed by atoms with Gasteiger partial charge in [0.1, 0.15) is 18.4 Å². The van der Waals surface area contributed by atoms with Gasteiger partial charge in [-0.05, 0) is 41.9 Å². The summed E-state index contributed by atoms with van der Waals surface area (Å²) in [4.78, 5) is 26.4. The van der Waals surface area contributed by atoms with Crippen LogP contribution in [0.15, 0.2) is 47.0 Å². The molecule has 45 heavy (non-hydrogen) atoms. The van der Waals surface area contributed by atoms with Gasteiger partial charge in [-0.1, -0.05) is 37.3 Å². The summed E-state index contributed by atoms with van der Waals surface area (Å²) in [5.74, 6) is 1.08. The fraction of sp³-hybridized carbons (Fsp3) is 0.375. The monoisotopic (exact) mass is 648 g/mol. The Hall–Kier alpha value is -3.97. The molecule has 236 valence electrons. The van der Waals surface area contributed by atoms with Crippen molar-refractivity contribution in [3.8, 4) is 17.0 Å². The number of benzene rings is 2. The zero-order chi connectivity index (χ0) is 31.7. The van der Waals surface area contributed by atoms with Gasteiger partial charge in [-0.15, -0.1) is 0 Å². The lowest BCUT2D eigenvalue weighted by molar-refractivity contribution is 0.0899. The Morgan fingerprint density at radius 1 is 1.16 bits per heavy atom. The number of hydrogen-bond acceptors (Lipinski definition) is 9. The fourth-order valence-electron chi connectivity index (χ4n) is 5.15. The Kier molecular flexibility index (Phi) is 8.82. The predicted molar refractivity (Wildman–Crippen MR) is 177 cm³/mol. The van der Waals surface area contributed by atoms with Crippen molar-refractivity contribution in [3.05, 3.63) is 59.1 Å². The Balaban J connectivity index is 1.46. The summed E-state index contributed by atoms with van der Waals surface area (Å²) in [6.07, 6.45) is 2.61. The number of aromatic nitrogens is 4. The van der Waals surface area contributed by atoms with Crippen molar-refractivity contribution in [3.63, 3.8) is 0 Å². The van der Waals surface area contributed by atoms with E-state index in [1.165, 1.54) is 0 Å². The summed E-state index contributed by atoms with van der Waals surface area (Å²) in [5, 5.41) is 6.95. The third-order valence-corrected chi connectivity index (χ3v) is 9.60. The summed E-state index contributed by atoms with van der Waals surface area (Å²) < 4.78 is 26.2. The second kappa shape index (κ2) is 12.8. The Bertz CT molecular complexity index is 1860. The Labute approximate surface area is 267 Å². The standard InChI is InChI=1S/C32H37ClN6O5Si/c1-19-35-26-9-6-20(15-27(26)43-19)23-16-39(18-42-12-13-45(3,4)5)29-28(23)31(44-22-10-11-41-17-22)38-32(37-29)36-25-8-7-21(14-24(25)33)30(40)34-2/h6-9,14-16,22H,10-13,17-18H2,1-5H3,(H,34,40)(H,36,37,38)/t22-/m0/s1. The van der Waals surface area contributed by atoms with Gasteiger partial charge in [0, 0.05) is 52.4 Å².